The molecule has 1 aromatic carbocycles. The zero-order valence-corrected chi connectivity index (χ0v) is 14.3. The Morgan fingerprint density at radius 1 is 1.27 bits per heavy atom. The van der Waals surface area contributed by atoms with E-state index < -0.39 is 10.8 Å². The van der Waals surface area contributed by atoms with Gasteiger partial charge in [0.2, 0.25) is 0 Å². The Balaban J connectivity index is 2.64. The van der Waals surface area contributed by atoms with Gasteiger partial charge in [-0.25, -0.2) is 0 Å². The quantitative estimate of drug-likeness (QED) is 0.536. The number of hydrogen-bond donors (Lipinski definition) is 0. The van der Waals surface area contributed by atoms with Gasteiger partial charge in [-0.2, -0.15) is 0 Å². The van der Waals surface area contributed by atoms with E-state index in [1.807, 2.05) is 50.3 Å². The lowest BCUT2D eigenvalue weighted by molar-refractivity contribution is -0.139. The van der Waals surface area contributed by atoms with Gasteiger partial charge in [-0.05, 0) is 44.9 Å². The van der Waals surface area contributed by atoms with Crippen LogP contribution in [-0.2, 0) is 20.3 Å². The van der Waals surface area contributed by atoms with Crippen molar-refractivity contribution in [2.75, 3.05) is 6.61 Å². The van der Waals surface area contributed by atoms with E-state index in [9.17, 15) is 9.00 Å². The Morgan fingerprint density at radius 3 is 2.45 bits per heavy atom. The van der Waals surface area contributed by atoms with E-state index in [-0.39, 0.29) is 11.2 Å². The van der Waals surface area contributed by atoms with Crippen LogP contribution in [0.3, 0.4) is 0 Å². The van der Waals surface area contributed by atoms with Gasteiger partial charge in [0.25, 0.3) is 0 Å². The monoisotopic (exact) mass is 320 g/mol. The highest BCUT2D eigenvalue weighted by atomic mass is 32.2. The Labute approximate surface area is 135 Å². The summed E-state index contributed by atoms with van der Waals surface area (Å²) in [7, 11) is -1.09. The summed E-state index contributed by atoms with van der Waals surface area (Å²) in [6, 6.07) is 9.48. The normalized spacial score (nSPS) is 14.2. The Kier molecular flexibility index (Phi) is 7.82. The maximum atomic E-state index is 12.7. The van der Waals surface area contributed by atoms with Gasteiger partial charge in [-0.15, -0.1) is 0 Å². The number of benzene rings is 1. The van der Waals surface area contributed by atoms with E-state index in [1.165, 1.54) is 6.92 Å². The van der Waals surface area contributed by atoms with Crippen molar-refractivity contribution in [2.45, 2.75) is 43.8 Å². The molecule has 2 atom stereocenters. The highest BCUT2D eigenvalue weighted by Crippen LogP contribution is 2.22. The molecule has 1 rings (SSSR count). The molecule has 0 saturated heterocycles. The van der Waals surface area contributed by atoms with Crippen molar-refractivity contribution in [1.29, 1.82) is 0 Å². The van der Waals surface area contributed by atoms with Crippen LogP contribution in [0.4, 0.5) is 0 Å². The fourth-order valence-corrected chi connectivity index (χ4v) is 3.47. The third-order valence-corrected chi connectivity index (χ3v) is 5.19. The van der Waals surface area contributed by atoms with Crippen LogP contribution in [0, 0.1) is 0 Å². The first-order valence-corrected chi connectivity index (χ1v) is 8.53. The summed E-state index contributed by atoms with van der Waals surface area (Å²) in [5.41, 5.74) is 2.05. The number of esters is 1. The summed E-state index contributed by atoms with van der Waals surface area (Å²) >= 11 is 0. The van der Waals surface area contributed by atoms with Crippen molar-refractivity contribution in [1.82, 2.24) is 0 Å². The van der Waals surface area contributed by atoms with Gasteiger partial charge in [0, 0.05) is 11.8 Å². The van der Waals surface area contributed by atoms with Gasteiger partial charge in [-0.3, -0.25) is 9.00 Å². The molecule has 0 saturated carbocycles. The number of hydrogen-bond acceptors (Lipinski definition) is 3. The smallest absolute Gasteiger partial charge is 0.302 e. The van der Waals surface area contributed by atoms with Crippen molar-refractivity contribution >= 4 is 16.8 Å². The average molecular weight is 320 g/mol. The number of rotatable bonds is 8. The van der Waals surface area contributed by atoms with Gasteiger partial charge in [0.15, 0.2) is 0 Å². The van der Waals surface area contributed by atoms with Crippen LogP contribution in [0.5, 0.6) is 0 Å². The van der Waals surface area contributed by atoms with Gasteiger partial charge in [-0.1, -0.05) is 35.9 Å². The van der Waals surface area contributed by atoms with Crippen LogP contribution in [0.2, 0.25) is 0 Å². The van der Waals surface area contributed by atoms with Gasteiger partial charge < -0.3 is 4.74 Å². The molecule has 120 valence electrons. The zero-order valence-electron chi connectivity index (χ0n) is 13.5. The minimum Gasteiger partial charge on any atom is -0.462 e. The second kappa shape index (κ2) is 9.36. The molecule has 1 aromatic rings. The van der Waals surface area contributed by atoms with Crippen LogP contribution in [0.1, 0.15) is 33.6 Å². The highest BCUT2D eigenvalue weighted by Gasteiger charge is 2.18. The molecule has 0 aromatic heterocycles. The van der Waals surface area contributed by atoms with Crippen molar-refractivity contribution in [3.63, 3.8) is 0 Å². The van der Waals surface area contributed by atoms with Crippen molar-refractivity contribution in [2.24, 2.45) is 0 Å². The fraction of sp³-hybridized carbons (Fsp3) is 0.389. The van der Waals surface area contributed by atoms with Gasteiger partial charge in [0.1, 0.15) is 6.61 Å². The molecule has 3 nitrogen and oxygen atoms in total. The minimum absolute atomic E-state index is 0.0699. The van der Waals surface area contributed by atoms with E-state index in [1.54, 1.807) is 0 Å². The molecule has 22 heavy (non-hydrogen) atoms. The second-order valence-electron chi connectivity index (χ2n) is 5.34. The molecular weight excluding hydrogens is 296 g/mol. The molecule has 0 amide bonds. The molecule has 0 N–H and O–H groups in total. The molecule has 0 heterocycles. The van der Waals surface area contributed by atoms with Crippen LogP contribution < -0.4 is 0 Å². The molecule has 4 heteroatoms. The van der Waals surface area contributed by atoms with E-state index in [0.29, 0.717) is 6.61 Å². The molecule has 0 fully saturated rings. The maximum absolute atomic E-state index is 12.7. The SMILES string of the molecule is C=C(C)C(CC/C(C)=C\COC(C)=O)S(=O)c1ccccc1. The number of carbonyl (C=O) groups is 1. The zero-order chi connectivity index (χ0) is 16.5. The first-order chi connectivity index (χ1) is 10.4. The van der Waals surface area contributed by atoms with Crippen LogP contribution in [-0.4, -0.2) is 22.0 Å². The highest BCUT2D eigenvalue weighted by molar-refractivity contribution is 7.86. The molecule has 0 aliphatic rings. The van der Waals surface area contributed by atoms with E-state index in [4.69, 9.17) is 4.74 Å². The van der Waals surface area contributed by atoms with E-state index in [0.717, 1.165) is 28.9 Å². The predicted molar refractivity (Wildman–Crippen MR) is 91.1 cm³/mol. The molecule has 2 unspecified atom stereocenters. The van der Waals surface area contributed by atoms with Gasteiger partial charge in [0.05, 0.1) is 16.0 Å². The van der Waals surface area contributed by atoms with E-state index >= 15 is 0 Å². The molecular formula is C18H24O3S. The fourth-order valence-electron chi connectivity index (χ4n) is 2.02. The second-order valence-corrected chi connectivity index (χ2v) is 6.97. The van der Waals surface area contributed by atoms with Crippen molar-refractivity contribution in [3.8, 4) is 0 Å². The largest absolute Gasteiger partial charge is 0.462 e. The average Bonchev–Trinajstić information content (AvgIpc) is 2.47. The molecule has 0 aliphatic heterocycles. The molecule has 0 radical (unpaired) electrons. The minimum atomic E-state index is -1.09. The Bertz CT molecular complexity index is 561. The molecule has 0 spiro atoms. The van der Waals surface area contributed by atoms with Gasteiger partial charge >= 0.3 is 5.97 Å². The lowest BCUT2D eigenvalue weighted by Crippen LogP contribution is -2.16. The lowest BCUT2D eigenvalue weighted by atomic mass is 10.1. The first kappa shape index (κ1) is 18.4. The summed E-state index contributed by atoms with van der Waals surface area (Å²) in [6.45, 7) is 9.58. The maximum Gasteiger partial charge on any atom is 0.302 e. The lowest BCUT2D eigenvalue weighted by Gasteiger charge is -2.17. The third-order valence-electron chi connectivity index (χ3n) is 3.30. The van der Waals surface area contributed by atoms with Crippen LogP contribution >= 0.6 is 0 Å². The topological polar surface area (TPSA) is 43.4 Å². The Morgan fingerprint density at radius 2 is 1.91 bits per heavy atom. The van der Waals surface area contributed by atoms with Crippen molar-refractivity contribution in [3.05, 3.63) is 54.1 Å². The summed E-state index contributed by atoms with van der Waals surface area (Å²) < 4.78 is 17.6. The summed E-state index contributed by atoms with van der Waals surface area (Å²) in [6.07, 6.45) is 3.46. The first-order valence-electron chi connectivity index (χ1n) is 7.32. The Hall–Kier alpha value is -1.68. The number of carbonyl (C=O) groups excluding carboxylic acids is 1. The van der Waals surface area contributed by atoms with Crippen molar-refractivity contribution < 1.29 is 13.7 Å². The van der Waals surface area contributed by atoms with E-state index in [2.05, 4.69) is 6.58 Å². The number of allylic oxidation sites excluding steroid dienone is 1. The summed E-state index contributed by atoms with van der Waals surface area (Å²) in [5, 5.41) is -0.0699. The predicted octanol–water partition coefficient (Wildman–Crippen LogP) is 4.03. The van der Waals surface area contributed by atoms with Crippen LogP contribution in [0.15, 0.2) is 59.0 Å². The third kappa shape index (κ3) is 6.39. The molecule has 0 aliphatic carbocycles. The molecule has 0 bridgehead atoms. The summed E-state index contributed by atoms with van der Waals surface area (Å²) in [4.78, 5) is 11.6. The van der Waals surface area contributed by atoms with Crippen LogP contribution in [0.25, 0.3) is 0 Å². The summed E-state index contributed by atoms with van der Waals surface area (Å²) in [5.74, 6) is -0.283. The number of ether oxygens (including phenoxy) is 1. The standard InChI is InChI=1S/C18H24O3S/c1-14(2)18(22(20)17-8-6-5-7-9-17)11-10-15(3)12-13-21-16(4)19/h5-9,12,18H,1,10-11,13H2,2-4H3/b15-12-.